The van der Waals surface area contributed by atoms with Crippen LogP contribution >= 0.6 is 0 Å². The third kappa shape index (κ3) is 4.49. The van der Waals surface area contributed by atoms with E-state index in [0.717, 1.165) is 40.5 Å². The number of rotatable bonds is 7. The van der Waals surface area contributed by atoms with Gasteiger partial charge in [0.15, 0.2) is 11.5 Å². The first-order valence-corrected chi connectivity index (χ1v) is 12.4. The molecule has 0 spiro atoms. The molecule has 1 aliphatic rings. The van der Waals surface area contributed by atoms with Gasteiger partial charge in [0.1, 0.15) is 12.4 Å². The molecule has 0 fully saturated rings. The molecule has 1 amide bonds. The van der Waals surface area contributed by atoms with E-state index in [4.69, 9.17) is 14.2 Å². The van der Waals surface area contributed by atoms with E-state index >= 15 is 0 Å². The van der Waals surface area contributed by atoms with E-state index in [1.54, 1.807) is 14.2 Å². The van der Waals surface area contributed by atoms with E-state index in [9.17, 15) is 4.79 Å². The second kappa shape index (κ2) is 10.3. The smallest absolute Gasteiger partial charge is 0.255 e. The van der Waals surface area contributed by atoms with Crippen molar-refractivity contribution < 1.29 is 19.0 Å². The van der Waals surface area contributed by atoms with Crippen LogP contribution in [0.5, 0.6) is 17.2 Å². The van der Waals surface area contributed by atoms with Crippen LogP contribution in [0, 0.1) is 0 Å². The van der Waals surface area contributed by atoms with Crippen molar-refractivity contribution in [2.75, 3.05) is 27.4 Å². The van der Waals surface area contributed by atoms with Crippen LogP contribution < -0.4 is 14.2 Å². The van der Waals surface area contributed by atoms with Crippen LogP contribution in [-0.4, -0.2) is 38.2 Å². The molecule has 1 heterocycles. The fraction of sp³-hybridized carbons (Fsp3) is 0.258. The molecule has 0 radical (unpaired) electrons. The predicted molar refractivity (Wildman–Crippen MR) is 142 cm³/mol. The second-order valence-corrected chi connectivity index (χ2v) is 9.01. The predicted octanol–water partition coefficient (Wildman–Crippen LogP) is 6.24. The highest BCUT2D eigenvalue weighted by Gasteiger charge is 2.34. The topological polar surface area (TPSA) is 48.0 Å². The van der Waals surface area contributed by atoms with Gasteiger partial charge in [-0.1, -0.05) is 55.5 Å². The van der Waals surface area contributed by atoms with Gasteiger partial charge in [0.2, 0.25) is 0 Å². The molecule has 0 saturated carbocycles. The van der Waals surface area contributed by atoms with Crippen molar-refractivity contribution in [3.05, 3.63) is 101 Å². The number of hydrogen-bond acceptors (Lipinski definition) is 4. The fourth-order valence-electron chi connectivity index (χ4n) is 5.01. The summed E-state index contributed by atoms with van der Waals surface area (Å²) >= 11 is 0. The van der Waals surface area contributed by atoms with Gasteiger partial charge in [-0.25, -0.2) is 0 Å². The molecule has 1 unspecified atom stereocenters. The lowest BCUT2D eigenvalue weighted by Gasteiger charge is -2.38. The average molecular weight is 482 g/mol. The van der Waals surface area contributed by atoms with Crippen molar-refractivity contribution in [2.24, 2.45) is 0 Å². The number of carbonyl (C=O) groups excluding carboxylic acids is 1. The van der Waals surface area contributed by atoms with Gasteiger partial charge in [0.05, 0.1) is 20.3 Å². The maximum Gasteiger partial charge on any atom is 0.255 e. The molecule has 0 N–H and O–H groups in total. The summed E-state index contributed by atoms with van der Waals surface area (Å²) < 4.78 is 17.4. The maximum atomic E-state index is 14.0. The summed E-state index contributed by atoms with van der Waals surface area (Å²) in [6, 6.07) is 25.8. The van der Waals surface area contributed by atoms with E-state index in [-0.39, 0.29) is 11.9 Å². The number of amides is 1. The average Bonchev–Trinajstić information content (AvgIpc) is 2.94. The number of hydrogen-bond donors (Lipinski definition) is 0. The molecule has 0 aliphatic carbocycles. The molecule has 5 rings (SSSR count). The Morgan fingerprint density at radius 3 is 2.39 bits per heavy atom. The van der Waals surface area contributed by atoms with Crippen LogP contribution in [0.4, 0.5) is 0 Å². The Balaban J connectivity index is 1.53. The third-order valence-corrected chi connectivity index (χ3v) is 7.02. The van der Waals surface area contributed by atoms with Crippen LogP contribution in [0.25, 0.3) is 10.8 Å². The van der Waals surface area contributed by atoms with Crippen molar-refractivity contribution in [1.82, 2.24) is 4.90 Å². The summed E-state index contributed by atoms with van der Waals surface area (Å²) in [5, 5.41) is 2.01. The lowest BCUT2D eigenvalue weighted by molar-refractivity contribution is 0.0591. The quantitative estimate of drug-likeness (QED) is 0.314. The van der Waals surface area contributed by atoms with Gasteiger partial charge in [0, 0.05) is 12.1 Å². The minimum atomic E-state index is -0.272. The second-order valence-electron chi connectivity index (χ2n) is 9.01. The maximum absolute atomic E-state index is 14.0. The minimum Gasteiger partial charge on any atom is -0.493 e. The summed E-state index contributed by atoms with van der Waals surface area (Å²) in [6.45, 7) is 3.06. The van der Waals surface area contributed by atoms with Crippen LogP contribution in [0.15, 0.2) is 78.9 Å². The van der Waals surface area contributed by atoms with Crippen molar-refractivity contribution in [3.63, 3.8) is 0 Å². The lowest BCUT2D eigenvalue weighted by atomic mass is 9.91. The molecule has 5 nitrogen and oxygen atoms in total. The first-order valence-electron chi connectivity index (χ1n) is 12.4. The number of fused-ring (bicyclic) bond motifs is 2. The monoisotopic (exact) mass is 481 g/mol. The van der Waals surface area contributed by atoms with E-state index in [2.05, 4.69) is 19.1 Å². The summed E-state index contributed by atoms with van der Waals surface area (Å²) in [5.41, 5.74) is 4.13. The zero-order valence-corrected chi connectivity index (χ0v) is 21.0. The van der Waals surface area contributed by atoms with Gasteiger partial charge in [-0.05, 0) is 70.6 Å². The van der Waals surface area contributed by atoms with Crippen molar-refractivity contribution in [1.29, 1.82) is 0 Å². The van der Waals surface area contributed by atoms with E-state index < -0.39 is 0 Å². The Morgan fingerprint density at radius 1 is 0.917 bits per heavy atom. The summed E-state index contributed by atoms with van der Waals surface area (Å²) in [4.78, 5) is 16.0. The largest absolute Gasteiger partial charge is 0.493 e. The molecule has 4 aromatic rings. The van der Waals surface area contributed by atoms with Gasteiger partial charge in [-0.2, -0.15) is 0 Å². The number of ether oxygens (including phenoxy) is 3. The van der Waals surface area contributed by atoms with Crippen molar-refractivity contribution >= 4 is 16.7 Å². The molecule has 36 heavy (non-hydrogen) atoms. The fourth-order valence-corrected chi connectivity index (χ4v) is 5.01. The van der Waals surface area contributed by atoms with Crippen LogP contribution in [0.3, 0.4) is 0 Å². The molecule has 184 valence electrons. The molecule has 0 aromatic heterocycles. The molecular formula is C31H31NO4. The molecule has 0 saturated heterocycles. The first-order chi connectivity index (χ1) is 17.6. The Bertz CT molecular complexity index is 1370. The zero-order chi connectivity index (χ0) is 25.1. The SMILES string of the molecule is CCc1ccc(OCC2c3cc(OC)c(OC)cc3CCN2C(=O)c2cccc3ccccc23)cc1. The third-order valence-electron chi connectivity index (χ3n) is 7.02. The van der Waals surface area contributed by atoms with Crippen molar-refractivity contribution in [3.8, 4) is 17.2 Å². The van der Waals surface area contributed by atoms with Gasteiger partial charge in [0.25, 0.3) is 5.91 Å². The van der Waals surface area contributed by atoms with E-state index in [1.165, 1.54) is 5.56 Å². The molecule has 1 aliphatic heterocycles. The van der Waals surface area contributed by atoms with Crippen LogP contribution in [0.2, 0.25) is 0 Å². The normalized spacial score (nSPS) is 14.9. The summed E-state index contributed by atoms with van der Waals surface area (Å²) in [5.74, 6) is 2.13. The van der Waals surface area contributed by atoms with Crippen LogP contribution in [-0.2, 0) is 12.8 Å². The Kier molecular flexibility index (Phi) is 6.81. The Labute approximate surface area is 212 Å². The number of nitrogens with zero attached hydrogens (tertiary/aromatic N) is 1. The van der Waals surface area contributed by atoms with E-state index in [1.807, 2.05) is 71.6 Å². The zero-order valence-electron chi connectivity index (χ0n) is 21.0. The van der Waals surface area contributed by atoms with Crippen molar-refractivity contribution in [2.45, 2.75) is 25.8 Å². The summed E-state index contributed by atoms with van der Waals surface area (Å²) in [6.07, 6.45) is 1.71. The molecular weight excluding hydrogens is 450 g/mol. The Morgan fingerprint density at radius 2 is 1.64 bits per heavy atom. The molecule has 1 atom stereocenters. The minimum absolute atomic E-state index is 0.00201. The number of methoxy groups -OCH3 is 2. The number of aryl methyl sites for hydroxylation is 1. The standard InChI is InChI=1S/C31H31NO4/c1-4-21-12-14-24(15-13-21)36-20-28-27-19-30(35-3)29(34-2)18-23(27)16-17-32(28)31(33)26-11-7-9-22-8-5-6-10-25(22)26/h5-15,18-19,28H,4,16-17,20H2,1-3H3. The highest BCUT2D eigenvalue weighted by Crippen LogP contribution is 2.39. The molecule has 0 bridgehead atoms. The number of carbonyl (C=O) groups is 1. The first kappa shape index (κ1) is 23.7. The van der Waals surface area contributed by atoms with Gasteiger partial charge >= 0.3 is 0 Å². The molecule has 5 heteroatoms. The van der Waals surface area contributed by atoms with Gasteiger partial charge in [-0.15, -0.1) is 0 Å². The highest BCUT2D eigenvalue weighted by molar-refractivity contribution is 6.07. The lowest BCUT2D eigenvalue weighted by Crippen LogP contribution is -2.42. The molecule has 4 aromatic carbocycles. The highest BCUT2D eigenvalue weighted by atomic mass is 16.5. The van der Waals surface area contributed by atoms with Crippen LogP contribution in [0.1, 0.15) is 40.0 Å². The van der Waals surface area contributed by atoms with Gasteiger partial charge < -0.3 is 19.1 Å². The summed E-state index contributed by atoms with van der Waals surface area (Å²) in [7, 11) is 3.27. The van der Waals surface area contributed by atoms with Gasteiger partial charge in [-0.3, -0.25) is 4.79 Å². The van der Waals surface area contributed by atoms with E-state index in [0.29, 0.717) is 30.2 Å². The Hall–Kier alpha value is -3.99. The number of benzene rings is 4.